The highest BCUT2D eigenvalue weighted by atomic mass is 19.4. The molecule has 1 aliphatic rings. The monoisotopic (exact) mass is 528 g/mol. The van der Waals surface area contributed by atoms with E-state index in [1.165, 1.54) is 13.0 Å². The number of carbonyl (C=O) groups is 2. The van der Waals surface area contributed by atoms with Crippen LogP contribution in [0.2, 0.25) is 0 Å². The topological polar surface area (TPSA) is 79.2 Å². The predicted octanol–water partition coefficient (Wildman–Crippen LogP) is 6.19. The van der Waals surface area contributed by atoms with Gasteiger partial charge in [-0.1, -0.05) is 23.3 Å². The van der Waals surface area contributed by atoms with Crippen molar-refractivity contribution in [2.45, 2.75) is 57.8 Å². The number of hydrogen-bond acceptors (Lipinski definition) is 4. The Hall–Kier alpha value is -3.55. The molecule has 0 radical (unpaired) electrons. The van der Waals surface area contributed by atoms with Gasteiger partial charge in [-0.2, -0.15) is 31.6 Å². The summed E-state index contributed by atoms with van der Waals surface area (Å²) in [4.78, 5) is 22.4. The van der Waals surface area contributed by atoms with E-state index in [4.69, 9.17) is 10.00 Å². The maximum Gasteiger partial charge on any atom is 0.416 e. The smallest absolute Gasteiger partial charge is 0.416 e. The van der Waals surface area contributed by atoms with Crippen LogP contribution in [-0.4, -0.2) is 25.0 Å². The van der Waals surface area contributed by atoms with Crippen molar-refractivity contribution in [3.8, 4) is 6.07 Å². The van der Waals surface area contributed by atoms with E-state index in [0.717, 1.165) is 24.3 Å². The van der Waals surface area contributed by atoms with Crippen LogP contribution < -0.4 is 5.32 Å². The van der Waals surface area contributed by atoms with Gasteiger partial charge in [-0.25, -0.2) is 0 Å². The third-order valence-electron chi connectivity index (χ3n) is 5.54. The molecule has 37 heavy (non-hydrogen) atoms. The fourth-order valence-electron chi connectivity index (χ4n) is 3.86. The third kappa shape index (κ3) is 8.81. The average molecular weight is 528 g/mol. The highest BCUT2D eigenvalue weighted by Gasteiger charge is 2.33. The number of ether oxygens (including phenoxy) is 1. The van der Waals surface area contributed by atoms with Gasteiger partial charge < -0.3 is 10.1 Å². The Morgan fingerprint density at radius 1 is 1.03 bits per heavy atom. The lowest BCUT2D eigenvalue weighted by molar-refractivity contribution is -0.143. The molecule has 1 N–H and O–H groups in total. The quantitative estimate of drug-likeness (QED) is 0.371. The number of esters is 1. The van der Waals surface area contributed by atoms with Crippen molar-refractivity contribution in [2.75, 3.05) is 13.2 Å². The Labute approximate surface area is 210 Å². The van der Waals surface area contributed by atoms with Crippen LogP contribution in [0.5, 0.6) is 0 Å². The van der Waals surface area contributed by atoms with Gasteiger partial charge in [0.1, 0.15) is 0 Å². The Balaban J connectivity index is 0.000000263. The molecule has 1 saturated heterocycles. The van der Waals surface area contributed by atoms with Gasteiger partial charge in [-0.15, -0.1) is 0 Å². The summed E-state index contributed by atoms with van der Waals surface area (Å²) < 4.78 is 80.8. The molecule has 3 rings (SSSR count). The lowest BCUT2D eigenvalue weighted by atomic mass is 9.93. The first kappa shape index (κ1) is 29.7. The summed E-state index contributed by atoms with van der Waals surface area (Å²) in [6.07, 6.45) is -8.81. The fraction of sp³-hybridized carbons (Fsp3) is 0.423. The van der Waals surface area contributed by atoms with Crippen molar-refractivity contribution >= 4 is 11.9 Å². The number of alkyl halides is 6. The van der Waals surface area contributed by atoms with E-state index in [1.807, 2.05) is 6.07 Å². The first-order valence-corrected chi connectivity index (χ1v) is 11.3. The van der Waals surface area contributed by atoms with Crippen molar-refractivity contribution in [1.29, 1.82) is 5.26 Å². The van der Waals surface area contributed by atoms with Crippen LogP contribution in [0, 0.1) is 25.2 Å². The van der Waals surface area contributed by atoms with E-state index < -0.39 is 35.4 Å². The van der Waals surface area contributed by atoms with E-state index in [0.29, 0.717) is 23.2 Å². The second-order valence-corrected chi connectivity index (χ2v) is 8.66. The minimum atomic E-state index is -4.48. The molecule has 0 aliphatic carbocycles. The third-order valence-corrected chi connectivity index (χ3v) is 5.54. The number of rotatable bonds is 5. The summed E-state index contributed by atoms with van der Waals surface area (Å²) in [5, 5.41) is 11.7. The van der Waals surface area contributed by atoms with Crippen LogP contribution in [-0.2, 0) is 26.7 Å². The van der Waals surface area contributed by atoms with E-state index in [-0.39, 0.29) is 36.8 Å². The number of amides is 1. The zero-order valence-corrected chi connectivity index (χ0v) is 20.4. The number of nitriles is 1. The molecular formula is C26H26F6N2O3. The van der Waals surface area contributed by atoms with E-state index in [2.05, 4.69) is 5.32 Å². The standard InChI is InChI=1S/C14H14F3NO2.C12H12F3NO/c1-3-20-13(19)7-11(8-18)10-4-9(2)5-12(6-10)14(15,16)17;1-7-2-8(9-5-11(17)16-6-9)4-10(3-7)12(13,14)15/h4-6,11H,3,7H2,1-2H3;2-4,9H,5-6H2,1H3,(H,16,17). The van der Waals surface area contributed by atoms with Gasteiger partial charge in [0.25, 0.3) is 0 Å². The Morgan fingerprint density at radius 3 is 2.08 bits per heavy atom. The lowest BCUT2D eigenvalue weighted by Crippen LogP contribution is -2.13. The maximum absolute atomic E-state index is 12.7. The highest BCUT2D eigenvalue weighted by molar-refractivity contribution is 5.79. The molecule has 1 amide bonds. The highest BCUT2D eigenvalue weighted by Crippen LogP contribution is 2.34. The molecule has 0 saturated carbocycles. The average Bonchev–Trinajstić information content (AvgIpc) is 3.22. The number of carbonyl (C=O) groups excluding carboxylic acids is 2. The van der Waals surface area contributed by atoms with Gasteiger partial charge in [0.05, 0.1) is 36.1 Å². The fourth-order valence-corrected chi connectivity index (χ4v) is 3.86. The molecule has 5 nitrogen and oxygen atoms in total. The molecule has 2 unspecified atom stereocenters. The second kappa shape index (κ2) is 12.1. The van der Waals surface area contributed by atoms with Crippen LogP contribution in [0.3, 0.4) is 0 Å². The van der Waals surface area contributed by atoms with Crippen LogP contribution in [0.15, 0.2) is 36.4 Å². The summed E-state index contributed by atoms with van der Waals surface area (Å²) in [6, 6.07) is 9.19. The first-order chi connectivity index (χ1) is 17.1. The largest absolute Gasteiger partial charge is 0.466 e. The Kier molecular flexibility index (Phi) is 9.73. The van der Waals surface area contributed by atoms with E-state index in [9.17, 15) is 35.9 Å². The van der Waals surface area contributed by atoms with Gasteiger partial charge >= 0.3 is 18.3 Å². The molecule has 2 aromatic rings. The Morgan fingerprint density at radius 2 is 1.59 bits per heavy atom. The van der Waals surface area contributed by atoms with Crippen molar-refractivity contribution in [3.63, 3.8) is 0 Å². The molecule has 1 fully saturated rings. The zero-order chi connectivity index (χ0) is 28.0. The maximum atomic E-state index is 12.7. The molecular weight excluding hydrogens is 502 g/mol. The molecule has 2 atom stereocenters. The summed E-state index contributed by atoms with van der Waals surface area (Å²) in [6.45, 7) is 5.34. The summed E-state index contributed by atoms with van der Waals surface area (Å²) in [5.41, 5.74) is 0.236. The van der Waals surface area contributed by atoms with Gasteiger partial charge in [-0.05, 0) is 56.2 Å². The molecule has 2 aromatic carbocycles. The number of hydrogen-bond donors (Lipinski definition) is 1. The molecule has 1 heterocycles. The van der Waals surface area contributed by atoms with E-state index in [1.54, 1.807) is 19.9 Å². The summed E-state index contributed by atoms with van der Waals surface area (Å²) in [5.74, 6) is -1.81. The van der Waals surface area contributed by atoms with Crippen LogP contribution >= 0.6 is 0 Å². The van der Waals surface area contributed by atoms with Gasteiger partial charge in [0.15, 0.2) is 0 Å². The molecule has 200 valence electrons. The van der Waals surface area contributed by atoms with Gasteiger partial charge in [0.2, 0.25) is 5.91 Å². The minimum Gasteiger partial charge on any atom is -0.466 e. The first-order valence-electron chi connectivity index (χ1n) is 11.3. The minimum absolute atomic E-state index is 0.106. The van der Waals surface area contributed by atoms with Crippen molar-refractivity contribution in [2.24, 2.45) is 0 Å². The van der Waals surface area contributed by atoms with Crippen LogP contribution in [0.25, 0.3) is 0 Å². The molecule has 1 aliphatic heterocycles. The van der Waals surface area contributed by atoms with Crippen molar-refractivity contribution < 1.29 is 40.7 Å². The number of benzene rings is 2. The molecule has 0 aromatic heterocycles. The number of nitrogens with zero attached hydrogens (tertiary/aromatic N) is 1. The number of halogens is 6. The van der Waals surface area contributed by atoms with E-state index >= 15 is 0 Å². The number of nitrogens with one attached hydrogen (secondary N) is 1. The van der Waals surface area contributed by atoms with Gasteiger partial charge in [0, 0.05) is 18.9 Å². The SMILES string of the molecule is CCOC(=O)CC(C#N)c1cc(C)cc(C(F)(F)F)c1.Cc1cc(C2CNC(=O)C2)cc(C(F)(F)F)c1. The lowest BCUT2D eigenvalue weighted by Gasteiger charge is -2.13. The van der Waals surface area contributed by atoms with Crippen molar-refractivity contribution in [3.05, 3.63) is 69.8 Å². The normalized spacial score (nSPS) is 16.2. The Bertz CT molecular complexity index is 1170. The predicted molar refractivity (Wildman–Crippen MR) is 122 cm³/mol. The zero-order valence-electron chi connectivity index (χ0n) is 20.4. The molecule has 0 bridgehead atoms. The molecule has 11 heteroatoms. The number of aryl methyl sites for hydroxylation is 2. The summed E-state index contributed by atoms with van der Waals surface area (Å²) >= 11 is 0. The molecule has 0 spiro atoms. The second-order valence-electron chi connectivity index (χ2n) is 8.66. The van der Waals surface area contributed by atoms with Crippen LogP contribution in [0.4, 0.5) is 26.3 Å². The van der Waals surface area contributed by atoms with Gasteiger partial charge in [-0.3, -0.25) is 9.59 Å². The summed E-state index contributed by atoms with van der Waals surface area (Å²) in [7, 11) is 0. The van der Waals surface area contributed by atoms with Crippen LogP contribution in [0.1, 0.15) is 65.0 Å². The van der Waals surface area contributed by atoms with Crippen molar-refractivity contribution in [1.82, 2.24) is 5.32 Å².